The fourth-order valence-corrected chi connectivity index (χ4v) is 7.51. The Kier molecular flexibility index (Phi) is 10.5. The van der Waals surface area contributed by atoms with Crippen molar-refractivity contribution >= 4 is 68.7 Å². The Balaban J connectivity index is 1.13. The lowest BCUT2D eigenvalue weighted by molar-refractivity contribution is -0.116. The third-order valence-electron chi connectivity index (χ3n) is 8.92. The molecular weight excluding hydrogens is 677 g/mol. The average Bonchev–Trinajstić information content (AvgIpc) is 3.50. The summed E-state index contributed by atoms with van der Waals surface area (Å²) in [7, 11) is 0. The number of carbonyl (C=O) groups is 3. The molecule has 3 N–H and O–H groups in total. The van der Waals surface area contributed by atoms with Crippen LogP contribution in [0, 0.1) is 6.92 Å². The number of anilines is 2. The molecule has 0 aliphatic carbocycles. The van der Waals surface area contributed by atoms with Crippen LogP contribution < -0.4 is 16.0 Å². The third-order valence-corrected chi connectivity index (χ3v) is 10.2. The van der Waals surface area contributed by atoms with Crippen LogP contribution >= 0.6 is 11.8 Å². The lowest BCUT2D eigenvalue weighted by Gasteiger charge is -2.18. The maximum atomic E-state index is 14.1. The Morgan fingerprint density at radius 1 is 0.679 bits per heavy atom. The molecule has 262 valence electrons. The van der Waals surface area contributed by atoms with E-state index in [9.17, 15) is 14.4 Å². The van der Waals surface area contributed by atoms with Crippen LogP contribution in [0.3, 0.4) is 0 Å². The monoisotopic (exact) mass is 714 g/mol. The standard InChI is InChI=1S/C45H38N4O3S/c1-3-49-40-23-11-10-22-37(40)38-29-35(24-25-41(38)49)47-45(52)42(32-16-6-4-7-17-32)53-36-21-13-20-34(28-36)46-44(51)39(27-31-15-12-14-30(2)26-31)48-43(50)33-18-8-5-9-19-33/h4-29,42H,3H2,1-2H3,(H,46,51)(H,47,52)(H,48,50)/b39-27+. The predicted octanol–water partition coefficient (Wildman–Crippen LogP) is 10.0. The van der Waals surface area contributed by atoms with E-state index in [1.165, 1.54) is 11.8 Å². The van der Waals surface area contributed by atoms with Gasteiger partial charge in [-0.2, -0.15) is 0 Å². The van der Waals surface area contributed by atoms with Crippen molar-refractivity contribution in [3.05, 3.63) is 180 Å². The molecule has 1 aromatic heterocycles. The number of aryl methyl sites for hydroxylation is 2. The maximum absolute atomic E-state index is 14.1. The van der Waals surface area contributed by atoms with Gasteiger partial charge >= 0.3 is 0 Å². The summed E-state index contributed by atoms with van der Waals surface area (Å²) in [5.74, 6) is -1.03. The molecule has 7 rings (SSSR count). The fraction of sp³-hybridized carbons (Fsp3) is 0.0889. The Hall–Kier alpha value is -6.38. The normalized spacial score (nSPS) is 12.0. The molecule has 3 amide bonds. The number of nitrogens with one attached hydrogen (secondary N) is 3. The SMILES string of the molecule is CCn1c2ccccc2c2cc(NC(=O)C(Sc3cccc(NC(=O)/C(=C\c4cccc(C)c4)NC(=O)c4ccccc4)c3)c3ccccc3)ccc21. The number of hydrogen-bond donors (Lipinski definition) is 3. The van der Waals surface area contributed by atoms with Crippen molar-refractivity contribution in [2.24, 2.45) is 0 Å². The number of para-hydroxylation sites is 1. The number of benzene rings is 6. The van der Waals surface area contributed by atoms with Gasteiger partial charge in [0.05, 0.1) is 0 Å². The number of aromatic nitrogens is 1. The third kappa shape index (κ3) is 8.08. The second kappa shape index (κ2) is 15.9. The summed E-state index contributed by atoms with van der Waals surface area (Å²) in [6, 6.07) is 47.8. The van der Waals surface area contributed by atoms with Crippen molar-refractivity contribution < 1.29 is 14.4 Å². The van der Waals surface area contributed by atoms with Crippen LogP contribution in [0.15, 0.2) is 162 Å². The van der Waals surface area contributed by atoms with E-state index in [1.54, 1.807) is 36.4 Å². The van der Waals surface area contributed by atoms with Crippen LogP contribution in [0.5, 0.6) is 0 Å². The fourth-order valence-electron chi connectivity index (χ4n) is 6.43. The quantitative estimate of drug-likeness (QED) is 0.0919. The highest BCUT2D eigenvalue weighted by Gasteiger charge is 2.23. The lowest BCUT2D eigenvalue weighted by Crippen LogP contribution is -2.30. The zero-order chi connectivity index (χ0) is 36.7. The number of fused-ring (bicyclic) bond motifs is 3. The second-order valence-corrected chi connectivity index (χ2v) is 13.8. The van der Waals surface area contributed by atoms with Gasteiger partial charge in [0.15, 0.2) is 0 Å². The van der Waals surface area contributed by atoms with E-state index in [0.717, 1.165) is 55.6 Å². The van der Waals surface area contributed by atoms with Gasteiger partial charge in [0.2, 0.25) is 5.91 Å². The molecule has 1 unspecified atom stereocenters. The van der Waals surface area contributed by atoms with Crippen LogP contribution in [-0.4, -0.2) is 22.3 Å². The summed E-state index contributed by atoms with van der Waals surface area (Å²) in [6.07, 6.45) is 1.66. The molecule has 0 saturated heterocycles. The first-order valence-electron chi connectivity index (χ1n) is 17.5. The van der Waals surface area contributed by atoms with Crippen LogP contribution in [0.1, 0.15) is 39.2 Å². The van der Waals surface area contributed by atoms with E-state index in [2.05, 4.69) is 45.6 Å². The summed E-state index contributed by atoms with van der Waals surface area (Å²) >= 11 is 1.39. The van der Waals surface area contributed by atoms with Crippen molar-refractivity contribution in [2.45, 2.75) is 30.5 Å². The van der Waals surface area contributed by atoms with E-state index in [-0.39, 0.29) is 11.6 Å². The van der Waals surface area contributed by atoms with Crippen LogP contribution in [0.2, 0.25) is 0 Å². The zero-order valence-electron chi connectivity index (χ0n) is 29.4. The van der Waals surface area contributed by atoms with Gasteiger partial charge in [0.1, 0.15) is 10.9 Å². The number of thioether (sulfide) groups is 1. The molecule has 0 aliphatic rings. The van der Waals surface area contributed by atoms with Gasteiger partial charge in [0, 0.05) is 50.2 Å². The molecular formula is C45H38N4O3S. The van der Waals surface area contributed by atoms with Crippen LogP contribution in [0.25, 0.3) is 27.9 Å². The van der Waals surface area contributed by atoms with Crippen molar-refractivity contribution in [2.75, 3.05) is 10.6 Å². The zero-order valence-corrected chi connectivity index (χ0v) is 30.2. The first kappa shape index (κ1) is 35.0. The smallest absolute Gasteiger partial charge is 0.272 e. The maximum Gasteiger partial charge on any atom is 0.272 e. The Labute approximate surface area is 312 Å². The molecule has 53 heavy (non-hydrogen) atoms. The summed E-state index contributed by atoms with van der Waals surface area (Å²) in [5.41, 5.74) is 6.71. The van der Waals surface area contributed by atoms with Gasteiger partial charge in [-0.1, -0.05) is 103 Å². The molecule has 7 nitrogen and oxygen atoms in total. The second-order valence-electron chi connectivity index (χ2n) is 12.7. The number of nitrogens with zero attached hydrogens (tertiary/aromatic N) is 1. The minimum Gasteiger partial charge on any atom is -0.341 e. The molecule has 0 saturated carbocycles. The van der Waals surface area contributed by atoms with Gasteiger partial charge in [-0.15, -0.1) is 11.8 Å². The molecule has 0 radical (unpaired) electrons. The van der Waals surface area contributed by atoms with Gasteiger partial charge in [0.25, 0.3) is 11.8 Å². The molecule has 0 bridgehead atoms. The van der Waals surface area contributed by atoms with E-state index in [4.69, 9.17) is 0 Å². The minimum absolute atomic E-state index is 0.100. The molecule has 7 aromatic rings. The Morgan fingerprint density at radius 3 is 2.15 bits per heavy atom. The van der Waals surface area contributed by atoms with E-state index in [1.807, 2.05) is 110 Å². The average molecular weight is 715 g/mol. The molecule has 1 heterocycles. The van der Waals surface area contributed by atoms with Crippen molar-refractivity contribution in [1.82, 2.24) is 9.88 Å². The van der Waals surface area contributed by atoms with Gasteiger partial charge in [-0.05, 0) is 85.6 Å². The largest absolute Gasteiger partial charge is 0.341 e. The van der Waals surface area contributed by atoms with Crippen molar-refractivity contribution in [1.29, 1.82) is 0 Å². The molecule has 6 aromatic carbocycles. The molecule has 0 fully saturated rings. The van der Waals surface area contributed by atoms with Gasteiger partial charge < -0.3 is 20.5 Å². The highest BCUT2D eigenvalue weighted by atomic mass is 32.2. The topological polar surface area (TPSA) is 92.2 Å². The van der Waals surface area contributed by atoms with E-state index >= 15 is 0 Å². The molecule has 8 heteroatoms. The summed E-state index contributed by atoms with van der Waals surface area (Å²) in [5, 5.41) is 10.6. The Bertz CT molecular complexity index is 2470. The van der Waals surface area contributed by atoms with Gasteiger partial charge in [-0.25, -0.2) is 0 Å². The highest BCUT2D eigenvalue weighted by molar-refractivity contribution is 8.00. The first-order valence-corrected chi connectivity index (χ1v) is 18.3. The summed E-state index contributed by atoms with van der Waals surface area (Å²) in [4.78, 5) is 41.8. The summed E-state index contributed by atoms with van der Waals surface area (Å²) in [6.45, 7) is 4.94. The molecule has 0 spiro atoms. The Morgan fingerprint density at radius 2 is 1.38 bits per heavy atom. The van der Waals surface area contributed by atoms with Crippen molar-refractivity contribution in [3.8, 4) is 0 Å². The van der Waals surface area contributed by atoms with E-state index < -0.39 is 17.1 Å². The highest BCUT2D eigenvalue weighted by Crippen LogP contribution is 2.38. The molecule has 1 atom stereocenters. The molecule has 0 aliphatic heterocycles. The van der Waals surface area contributed by atoms with Crippen LogP contribution in [-0.2, 0) is 16.1 Å². The number of hydrogen-bond acceptors (Lipinski definition) is 4. The van der Waals surface area contributed by atoms with E-state index in [0.29, 0.717) is 11.3 Å². The number of amides is 3. The van der Waals surface area contributed by atoms with Crippen LogP contribution in [0.4, 0.5) is 11.4 Å². The van der Waals surface area contributed by atoms with Crippen molar-refractivity contribution in [3.63, 3.8) is 0 Å². The van der Waals surface area contributed by atoms with Gasteiger partial charge in [-0.3, -0.25) is 14.4 Å². The first-order chi connectivity index (χ1) is 25.9. The number of rotatable bonds is 11. The lowest BCUT2D eigenvalue weighted by atomic mass is 10.1. The number of carbonyl (C=O) groups excluding carboxylic acids is 3. The minimum atomic E-state index is -0.586. The summed E-state index contributed by atoms with van der Waals surface area (Å²) < 4.78 is 2.28. The predicted molar refractivity (Wildman–Crippen MR) is 217 cm³/mol.